The van der Waals surface area contributed by atoms with Crippen LogP contribution in [0.5, 0.6) is 5.75 Å². The van der Waals surface area contributed by atoms with Crippen LogP contribution in [0.15, 0.2) is 12.1 Å². The van der Waals surface area contributed by atoms with Crippen molar-refractivity contribution >= 4 is 35.0 Å². The van der Waals surface area contributed by atoms with Crippen LogP contribution in [-0.4, -0.2) is 24.5 Å². The number of hydrogen-bond acceptors (Lipinski definition) is 4. The van der Waals surface area contributed by atoms with Crippen LogP contribution in [0, 0.1) is 18.3 Å². The summed E-state index contributed by atoms with van der Waals surface area (Å²) in [6.07, 6.45) is 0.446. The molecule has 0 saturated carbocycles. The average molecular weight is 299 g/mol. The third-order valence-electron chi connectivity index (χ3n) is 2.35. The van der Waals surface area contributed by atoms with Crippen molar-refractivity contribution in [2.24, 2.45) is 0 Å². The maximum Gasteiger partial charge on any atom is 0.234 e. The van der Waals surface area contributed by atoms with Gasteiger partial charge in [-0.15, -0.1) is 0 Å². The highest BCUT2D eigenvalue weighted by Gasteiger charge is 2.10. The molecule has 0 bridgehead atoms. The lowest BCUT2D eigenvalue weighted by Crippen LogP contribution is -2.15. The number of hydrogen-bond donors (Lipinski definition) is 1. The fourth-order valence-corrected chi connectivity index (χ4v) is 2.19. The Hall–Kier alpha value is -1.38. The Morgan fingerprint density at radius 3 is 2.95 bits per heavy atom. The summed E-state index contributed by atoms with van der Waals surface area (Å²) in [5.41, 5.74) is 1.48. The summed E-state index contributed by atoms with van der Waals surface area (Å²) in [7, 11) is 1.53. The lowest BCUT2D eigenvalue weighted by Gasteiger charge is -2.12. The van der Waals surface area contributed by atoms with Gasteiger partial charge in [0.05, 0.1) is 24.6 Å². The van der Waals surface area contributed by atoms with Crippen molar-refractivity contribution in [3.8, 4) is 11.8 Å². The van der Waals surface area contributed by atoms with Crippen LogP contribution < -0.4 is 10.1 Å². The van der Waals surface area contributed by atoms with Gasteiger partial charge >= 0.3 is 0 Å². The monoisotopic (exact) mass is 298 g/mol. The first-order valence-electron chi connectivity index (χ1n) is 5.67. The molecule has 1 rings (SSSR count). The van der Waals surface area contributed by atoms with E-state index in [9.17, 15) is 4.79 Å². The zero-order valence-corrected chi connectivity index (χ0v) is 12.4. The van der Waals surface area contributed by atoms with Crippen molar-refractivity contribution in [2.75, 3.05) is 23.9 Å². The normalized spacial score (nSPS) is 9.79. The standard InChI is InChI=1S/C13H15ClN2O2S/c1-9-6-11(12(18-2)7-10(9)14)16-13(17)8-19-5-3-4-15/h6-7H,3,5,8H2,1-2H3,(H,16,17). The minimum Gasteiger partial charge on any atom is -0.495 e. The van der Waals surface area contributed by atoms with Crippen molar-refractivity contribution in [3.63, 3.8) is 0 Å². The minimum atomic E-state index is -0.122. The molecule has 0 spiro atoms. The van der Waals surface area contributed by atoms with Crippen molar-refractivity contribution in [2.45, 2.75) is 13.3 Å². The Kier molecular flexibility index (Phi) is 6.54. The van der Waals surface area contributed by atoms with Crippen LogP contribution in [0.25, 0.3) is 0 Å². The largest absolute Gasteiger partial charge is 0.495 e. The molecule has 0 aromatic heterocycles. The van der Waals surface area contributed by atoms with E-state index in [1.54, 1.807) is 12.1 Å². The molecular formula is C13H15ClN2O2S. The number of thioether (sulfide) groups is 1. The number of halogens is 1. The van der Waals surface area contributed by atoms with Gasteiger partial charge in [-0.25, -0.2) is 0 Å². The fourth-order valence-electron chi connectivity index (χ4n) is 1.40. The van der Waals surface area contributed by atoms with Gasteiger partial charge in [0.1, 0.15) is 5.75 Å². The summed E-state index contributed by atoms with van der Waals surface area (Å²) in [4.78, 5) is 11.7. The van der Waals surface area contributed by atoms with Crippen molar-refractivity contribution in [1.82, 2.24) is 0 Å². The predicted octanol–water partition coefficient (Wildman–Crippen LogP) is 3.24. The summed E-state index contributed by atoms with van der Waals surface area (Å²) in [6.45, 7) is 1.86. The van der Waals surface area contributed by atoms with E-state index in [4.69, 9.17) is 21.6 Å². The summed E-state index contributed by atoms with van der Waals surface area (Å²) in [6, 6.07) is 5.49. The average Bonchev–Trinajstić information content (AvgIpc) is 2.38. The molecule has 19 heavy (non-hydrogen) atoms. The summed E-state index contributed by atoms with van der Waals surface area (Å²) in [5, 5.41) is 11.8. The number of anilines is 1. The van der Waals surface area contributed by atoms with E-state index < -0.39 is 0 Å². The Bertz CT molecular complexity index is 500. The topological polar surface area (TPSA) is 62.1 Å². The molecule has 1 N–H and O–H groups in total. The molecule has 0 saturated heterocycles. The summed E-state index contributed by atoms with van der Waals surface area (Å²) in [5.74, 6) is 1.38. The van der Waals surface area contributed by atoms with Gasteiger partial charge in [0.25, 0.3) is 0 Å². The minimum absolute atomic E-state index is 0.122. The van der Waals surface area contributed by atoms with Crippen LogP contribution in [0.1, 0.15) is 12.0 Å². The van der Waals surface area contributed by atoms with Crippen molar-refractivity contribution < 1.29 is 9.53 Å². The zero-order valence-electron chi connectivity index (χ0n) is 10.8. The number of benzene rings is 1. The summed E-state index contributed by atoms with van der Waals surface area (Å²) < 4.78 is 5.18. The van der Waals surface area contributed by atoms with E-state index in [2.05, 4.69) is 5.32 Å². The van der Waals surface area contributed by atoms with Gasteiger partial charge in [-0.05, 0) is 18.6 Å². The van der Waals surface area contributed by atoms with Gasteiger partial charge in [-0.3, -0.25) is 4.79 Å². The van der Waals surface area contributed by atoms with Crippen LogP contribution in [0.4, 0.5) is 5.69 Å². The Balaban J connectivity index is 2.63. The van der Waals surface area contributed by atoms with E-state index in [1.807, 2.05) is 13.0 Å². The van der Waals surface area contributed by atoms with Gasteiger partial charge in [-0.2, -0.15) is 17.0 Å². The molecule has 0 aliphatic carbocycles. The zero-order chi connectivity index (χ0) is 14.3. The number of carbonyl (C=O) groups excluding carboxylic acids is 1. The summed E-state index contributed by atoms with van der Waals surface area (Å²) >= 11 is 7.42. The number of nitriles is 1. The first-order valence-corrected chi connectivity index (χ1v) is 7.20. The van der Waals surface area contributed by atoms with Crippen LogP contribution in [0.3, 0.4) is 0 Å². The molecule has 0 aliphatic heterocycles. The van der Waals surface area contributed by atoms with Crippen LogP contribution in [-0.2, 0) is 4.79 Å². The first kappa shape index (κ1) is 15.7. The number of carbonyl (C=O) groups is 1. The maximum atomic E-state index is 11.7. The molecule has 1 aromatic carbocycles. The van der Waals surface area contributed by atoms with E-state index in [0.29, 0.717) is 34.4 Å². The molecule has 102 valence electrons. The van der Waals surface area contributed by atoms with Gasteiger partial charge in [-0.1, -0.05) is 11.6 Å². The second-order valence-corrected chi connectivity index (χ2v) is 5.32. The number of rotatable bonds is 6. The van der Waals surface area contributed by atoms with Gasteiger partial charge in [0.2, 0.25) is 5.91 Å². The Labute approximate surface area is 122 Å². The first-order chi connectivity index (χ1) is 9.08. The highest BCUT2D eigenvalue weighted by atomic mass is 35.5. The number of nitrogens with one attached hydrogen (secondary N) is 1. The van der Waals surface area contributed by atoms with Gasteiger partial charge in [0, 0.05) is 23.3 Å². The van der Waals surface area contributed by atoms with Gasteiger partial charge < -0.3 is 10.1 Å². The molecular weight excluding hydrogens is 284 g/mol. The highest BCUT2D eigenvalue weighted by Crippen LogP contribution is 2.30. The van der Waals surface area contributed by atoms with Crippen LogP contribution >= 0.6 is 23.4 Å². The molecule has 0 unspecified atom stereocenters. The molecule has 6 heteroatoms. The Morgan fingerprint density at radius 1 is 1.58 bits per heavy atom. The fraction of sp³-hybridized carbons (Fsp3) is 0.385. The molecule has 4 nitrogen and oxygen atoms in total. The smallest absolute Gasteiger partial charge is 0.234 e. The quantitative estimate of drug-likeness (QED) is 0.819. The SMILES string of the molecule is COc1cc(Cl)c(C)cc1NC(=O)CSCCC#N. The number of aryl methyl sites for hydroxylation is 1. The lowest BCUT2D eigenvalue weighted by molar-refractivity contribution is -0.113. The predicted molar refractivity (Wildman–Crippen MR) is 78.9 cm³/mol. The number of methoxy groups -OCH3 is 1. The van der Waals surface area contributed by atoms with Gasteiger partial charge in [0.15, 0.2) is 0 Å². The van der Waals surface area contributed by atoms with E-state index in [-0.39, 0.29) is 5.91 Å². The molecule has 0 fully saturated rings. The van der Waals surface area contributed by atoms with Crippen molar-refractivity contribution in [3.05, 3.63) is 22.7 Å². The molecule has 0 atom stereocenters. The Morgan fingerprint density at radius 2 is 2.32 bits per heavy atom. The lowest BCUT2D eigenvalue weighted by atomic mass is 10.2. The number of ether oxygens (including phenoxy) is 1. The number of amides is 1. The third-order valence-corrected chi connectivity index (χ3v) is 3.71. The van der Waals surface area contributed by atoms with Crippen LogP contribution in [0.2, 0.25) is 5.02 Å². The van der Waals surface area contributed by atoms with E-state index in [1.165, 1.54) is 18.9 Å². The highest BCUT2D eigenvalue weighted by molar-refractivity contribution is 7.99. The molecule has 1 aromatic rings. The second-order valence-electron chi connectivity index (χ2n) is 3.81. The van der Waals surface area contributed by atoms with E-state index >= 15 is 0 Å². The second kappa shape index (κ2) is 7.93. The molecule has 0 radical (unpaired) electrons. The number of nitrogens with zero attached hydrogens (tertiary/aromatic N) is 1. The van der Waals surface area contributed by atoms with Crippen molar-refractivity contribution in [1.29, 1.82) is 5.26 Å². The van der Waals surface area contributed by atoms with E-state index in [0.717, 1.165) is 5.56 Å². The molecule has 0 aliphatic rings. The molecule has 1 amide bonds. The molecule has 0 heterocycles. The third kappa shape index (κ3) is 5.01. The maximum absolute atomic E-state index is 11.7.